The molecule has 1 aromatic heterocycles. The van der Waals surface area contributed by atoms with Gasteiger partial charge in [-0.2, -0.15) is 0 Å². The van der Waals surface area contributed by atoms with Gasteiger partial charge >= 0.3 is 0 Å². The number of unbranched alkanes of at least 4 members (excludes halogenated alkanes) is 2. The van der Waals surface area contributed by atoms with Crippen LogP contribution in [-0.4, -0.2) is 21.6 Å². The largest absolute Gasteiger partial charge is 0.253 e. The Morgan fingerprint density at radius 2 is 2.18 bits per heavy atom. The average molecular weight is 154 g/mol. The van der Waals surface area contributed by atoms with Gasteiger partial charge in [-0.1, -0.05) is 5.21 Å². The van der Waals surface area contributed by atoms with Crippen molar-refractivity contribution in [2.75, 3.05) is 6.61 Å². The SMILES string of the molecule is [O]CCCCCn1ccnn1. The normalized spacial score (nSPS) is 10.3. The third-order valence-electron chi connectivity index (χ3n) is 1.50. The number of aromatic nitrogens is 3. The summed E-state index contributed by atoms with van der Waals surface area (Å²) in [4.78, 5) is 0. The molecule has 1 heterocycles. The Balaban J connectivity index is 2.04. The molecule has 0 N–H and O–H groups in total. The summed E-state index contributed by atoms with van der Waals surface area (Å²) in [6.45, 7) is 0.914. The highest BCUT2D eigenvalue weighted by Gasteiger charge is 1.91. The first-order valence-corrected chi connectivity index (χ1v) is 3.85. The molecular formula is C7H12N3O. The van der Waals surface area contributed by atoms with Crippen LogP contribution in [0.25, 0.3) is 0 Å². The zero-order chi connectivity index (χ0) is 7.94. The molecule has 1 radical (unpaired) electrons. The lowest BCUT2D eigenvalue weighted by Gasteiger charge is -1.97. The predicted molar refractivity (Wildman–Crippen MR) is 39.4 cm³/mol. The lowest BCUT2D eigenvalue weighted by Crippen LogP contribution is -1.98. The van der Waals surface area contributed by atoms with Gasteiger partial charge < -0.3 is 0 Å². The summed E-state index contributed by atoms with van der Waals surface area (Å²) >= 11 is 0. The molecule has 0 unspecified atom stereocenters. The summed E-state index contributed by atoms with van der Waals surface area (Å²) in [5.41, 5.74) is 0. The third-order valence-corrected chi connectivity index (χ3v) is 1.50. The van der Waals surface area contributed by atoms with Crippen molar-refractivity contribution in [2.45, 2.75) is 25.8 Å². The fraction of sp³-hybridized carbons (Fsp3) is 0.714. The molecular weight excluding hydrogens is 142 g/mol. The summed E-state index contributed by atoms with van der Waals surface area (Å²) in [6.07, 6.45) is 6.27. The molecule has 0 aliphatic carbocycles. The number of hydrogen-bond donors (Lipinski definition) is 0. The quantitative estimate of drug-likeness (QED) is 0.591. The fourth-order valence-electron chi connectivity index (χ4n) is 0.905. The van der Waals surface area contributed by atoms with Crippen molar-refractivity contribution in [2.24, 2.45) is 0 Å². The van der Waals surface area contributed by atoms with Gasteiger partial charge in [0.1, 0.15) is 0 Å². The second-order valence-corrected chi connectivity index (χ2v) is 2.43. The summed E-state index contributed by atoms with van der Waals surface area (Å²) in [7, 11) is 0. The summed E-state index contributed by atoms with van der Waals surface area (Å²) in [5.74, 6) is 0. The van der Waals surface area contributed by atoms with E-state index < -0.39 is 0 Å². The van der Waals surface area contributed by atoms with Crippen molar-refractivity contribution in [1.82, 2.24) is 15.0 Å². The van der Waals surface area contributed by atoms with Gasteiger partial charge in [0.15, 0.2) is 0 Å². The Morgan fingerprint density at radius 1 is 1.27 bits per heavy atom. The standard InChI is InChI=1S/C7H12N3O/c11-7-3-1-2-5-10-6-4-8-9-10/h4,6H,1-3,5,7H2. The van der Waals surface area contributed by atoms with Crippen LogP contribution in [0.15, 0.2) is 12.4 Å². The zero-order valence-electron chi connectivity index (χ0n) is 6.44. The van der Waals surface area contributed by atoms with Crippen LogP contribution >= 0.6 is 0 Å². The summed E-state index contributed by atoms with van der Waals surface area (Å²) < 4.78 is 1.78. The summed E-state index contributed by atoms with van der Waals surface area (Å²) in [6, 6.07) is 0. The highest BCUT2D eigenvalue weighted by Crippen LogP contribution is 1.96. The Morgan fingerprint density at radius 3 is 2.82 bits per heavy atom. The molecule has 1 rings (SSSR count). The number of aryl methyl sites for hydroxylation is 1. The van der Waals surface area contributed by atoms with E-state index in [4.69, 9.17) is 0 Å². The Hall–Kier alpha value is -0.900. The molecule has 11 heavy (non-hydrogen) atoms. The number of rotatable bonds is 5. The molecule has 0 saturated heterocycles. The monoisotopic (exact) mass is 154 g/mol. The molecule has 0 spiro atoms. The minimum Gasteiger partial charge on any atom is -0.253 e. The van der Waals surface area contributed by atoms with Crippen LogP contribution in [0, 0.1) is 0 Å². The first kappa shape index (κ1) is 8.20. The molecule has 0 saturated carbocycles. The van der Waals surface area contributed by atoms with Crippen molar-refractivity contribution in [1.29, 1.82) is 0 Å². The van der Waals surface area contributed by atoms with Gasteiger partial charge in [0.05, 0.1) is 12.8 Å². The highest BCUT2D eigenvalue weighted by atomic mass is 16.2. The molecule has 61 valence electrons. The Labute approximate surface area is 65.8 Å². The lowest BCUT2D eigenvalue weighted by atomic mass is 10.2. The molecule has 0 bridgehead atoms. The van der Waals surface area contributed by atoms with Crippen LogP contribution in [0.2, 0.25) is 0 Å². The maximum atomic E-state index is 10.1. The van der Waals surface area contributed by atoms with Crippen molar-refractivity contribution >= 4 is 0 Å². The molecule has 0 aliphatic heterocycles. The van der Waals surface area contributed by atoms with E-state index in [1.165, 1.54) is 0 Å². The highest BCUT2D eigenvalue weighted by molar-refractivity contribution is 4.63. The van der Waals surface area contributed by atoms with Gasteiger partial charge in [-0.3, -0.25) is 4.68 Å². The molecule has 4 nitrogen and oxygen atoms in total. The Kier molecular flexibility index (Phi) is 3.61. The van der Waals surface area contributed by atoms with E-state index in [1.54, 1.807) is 10.9 Å². The van der Waals surface area contributed by atoms with Crippen LogP contribution in [0.5, 0.6) is 0 Å². The average Bonchev–Trinajstić information content (AvgIpc) is 2.50. The van der Waals surface area contributed by atoms with Gasteiger partial charge in [-0.25, -0.2) is 5.11 Å². The number of hydrogen-bond acceptors (Lipinski definition) is 2. The maximum absolute atomic E-state index is 10.1. The van der Waals surface area contributed by atoms with Crippen molar-refractivity contribution < 1.29 is 5.11 Å². The van der Waals surface area contributed by atoms with E-state index in [9.17, 15) is 5.11 Å². The van der Waals surface area contributed by atoms with Gasteiger partial charge in [0.2, 0.25) is 0 Å². The first-order chi connectivity index (χ1) is 5.43. The van der Waals surface area contributed by atoms with Crippen LogP contribution in [0.3, 0.4) is 0 Å². The Bertz CT molecular complexity index is 174. The first-order valence-electron chi connectivity index (χ1n) is 3.85. The predicted octanol–water partition coefficient (Wildman–Crippen LogP) is 0.879. The second kappa shape index (κ2) is 4.85. The molecule has 0 aliphatic rings. The van der Waals surface area contributed by atoms with Crippen molar-refractivity contribution in [3.05, 3.63) is 12.4 Å². The minimum atomic E-state index is 0.0390. The lowest BCUT2D eigenvalue weighted by molar-refractivity contribution is 0.185. The fourth-order valence-corrected chi connectivity index (χ4v) is 0.905. The molecule has 1 aromatic rings. The van der Waals surface area contributed by atoms with E-state index in [1.807, 2.05) is 6.20 Å². The second-order valence-electron chi connectivity index (χ2n) is 2.43. The molecule has 0 amide bonds. The van der Waals surface area contributed by atoms with E-state index in [2.05, 4.69) is 10.3 Å². The smallest absolute Gasteiger partial charge is 0.0822 e. The van der Waals surface area contributed by atoms with E-state index in [-0.39, 0.29) is 6.61 Å². The number of nitrogens with zero attached hydrogens (tertiary/aromatic N) is 3. The van der Waals surface area contributed by atoms with Gasteiger partial charge in [0, 0.05) is 12.7 Å². The van der Waals surface area contributed by atoms with Crippen LogP contribution in [0.4, 0.5) is 0 Å². The molecule has 4 heteroatoms. The van der Waals surface area contributed by atoms with E-state index >= 15 is 0 Å². The van der Waals surface area contributed by atoms with E-state index in [0.717, 1.165) is 25.8 Å². The molecule has 0 atom stereocenters. The van der Waals surface area contributed by atoms with Crippen molar-refractivity contribution in [3.63, 3.8) is 0 Å². The minimum absolute atomic E-state index is 0.0390. The van der Waals surface area contributed by atoms with Crippen LogP contribution < -0.4 is 0 Å². The summed E-state index contributed by atoms with van der Waals surface area (Å²) in [5, 5.41) is 17.5. The zero-order valence-corrected chi connectivity index (χ0v) is 6.44. The van der Waals surface area contributed by atoms with Crippen LogP contribution in [0.1, 0.15) is 19.3 Å². The maximum Gasteiger partial charge on any atom is 0.0822 e. The van der Waals surface area contributed by atoms with Crippen molar-refractivity contribution in [3.8, 4) is 0 Å². The molecule has 0 aromatic carbocycles. The van der Waals surface area contributed by atoms with Gasteiger partial charge in [-0.15, -0.1) is 5.10 Å². The van der Waals surface area contributed by atoms with Gasteiger partial charge in [0.25, 0.3) is 0 Å². The third kappa shape index (κ3) is 3.13. The van der Waals surface area contributed by atoms with Crippen LogP contribution in [-0.2, 0) is 11.7 Å². The van der Waals surface area contributed by atoms with Gasteiger partial charge in [-0.05, 0) is 19.3 Å². The van der Waals surface area contributed by atoms with E-state index in [0.29, 0.717) is 0 Å². The topological polar surface area (TPSA) is 50.6 Å². The molecule has 0 fully saturated rings.